The minimum absolute atomic E-state index is 0.0479. The lowest BCUT2D eigenvalue weighted by Gasteiger charge is -2.25. The number of rotatable bonds is 10. The standard InChI is InChI=1S/C31H31FN4O5S/c1-3-36(4-2)31(39)27(30(38)35-42(40,41)25-14-12-21-9-5-6-10-22(21)18-25)17-20-8-7-11-24(16-20)34-29(37)26-19-23(32)13-15-28(26)33/h5-16,18-19,27H,3-4,17,33H2,1-2H3,(H,34,37)(H,35,38). The second-order valence-corrected chi connectivity index (χ2v) is 11.3. The predicted molar refractivity (Wildman–Crippen MR) is 160 cm³/mol. The number of anilines is 2. The Kier molecular flexibility index (Phi) is 9.21. The van der Waals surface area contributed by atoms with Crippen molar-refractivity contribution < 1.29 is 27.2 Å². The fourth-order valence-corrected chi connectivity index (χ4v) is 5.63. The Morgan fingerprint density at radius 1 is 0.881 bits per heavy atom. The number of carbonyl (C=O) groups excluding carboxylic acids is 3. The van der Waals surface area contributed by atoms with Crippen LogP contribution in [0.5, 0.6) is 0 Å². The summed E-state index contributed by atoms with van der Waals surface area (Å²) in [5.74, 6) is -4.13. The van der Waals surface area contributed by atoms with Crippen LogP contribution < -0.4 is 15.8 Å². The average Bonchev–Trinajstić information content (AvgIpc) is 2.97. The fraction of sp³-hybridized carbons (Fsp3) is 0.194. The second-order valence-electron chi connectivity index (χ2n) is 9.63. The van der Waals surface area contributed by atoms with Gasteiger partial charge in [0.15, 0.2) is 0 Å². The molecule has 0 aliphatic rings. The monoisotopic (exact) mass is 590 g/mol. The van der Waals surface area contributed by atoms with Crippen LogP contribution in [0.1, 0.15) is 29.8 Å². The molecule has 0 saturated heterocycles. The third-order valence-electron chi connectivity index (χ3n) is 6.84. The zero-order valence-electron chi connectivity index (χ0n) is 23.1. The van der Waals surface area contributed by atoms with Crippen LogP contribution in [0.4, 0.5) is 15.8 Å². The number of halogens is 1. The molecule has 0 aliphatic heterocycles. The van der Waals surface area contributed by atoms with Crippen LogP contribution in [-0.4, -0.2) is 44.1 Å². The lowest BCUT2D eigenvalue weighted by Crippen LogP contribution is -2.46. The normalized spacial score (nSPS) is 12.0. The number of nitrogens with two attached hydrogens (primary N) is 1. The Morgan fingerprint density at radius 3 is 2.31 bits per heavy atom. The number of nitrogens with zero attached hydrogens (tertiary/aromatic N) is 1. The molecule has 4 aromatic carbocycles. The van der Waals surface area contributed by atoms with Crippen molar-refractivity contribution in [3.05, 3.63) is 102 Å². The number of benzene rings is 4. The number of carbonyl (C=O) groups is 3. The van der Waals surface area contributed by atoms with E-state index >= 15 is 0 Å². The summed E-state index contributed by atoms with van der Waals surface area (Å²) in [5, 5.41) is 4.16. The Balaban J connectivity index is 1.59. The fourth-order valence-electron chi connectivity index (χ4n) is 4.58. The number of fused-ring (bicyclic) bond motifs is 1. The highest BCUT2D eigenvalue weighted by atomic mass is 32.2. The van der Waals surface area contributed by atoms with E-state index in [0.717, 1.165) is 17.5 Å². The van der Waals surface area contributed by atoms with Crippen molar-refractivity contribution in [2.45, 2.75) is 25.2 Å². The van der Waals surface area contributed by atoms with Gasteiger partial charge < -0.3 is 16.0 Å². The third kappa shape index (κ3) is 6.92. The quantitative estimate of drug-likeness (QED) is 0.186. The molecule has 0 radical (unpaired) electrons. The molecular weight excluding hydrogens is 559 g/mol. The zero-order valence-corrected chi connectivity index (χ0v) is 24.0. The van der Waals surface area contributed by atoms with Gasteiger partial charge in [0.05, 0.1) is 10.5 Å². The molecule has 0 saturated carbocycles. The average molecular weight is 591 g/mol. The van der Waals surface area contributed by atoms with Crippen molar-refractivity contribution in [2.24, 2.45) is 5.92 Å². The molecule has 11 heteroatoms. The maximum absolute atomic E-state index is 13.7. The van der Waals surface area contributed by atoms with Gasteiger partial charge in [0, 0.05) is 24.5 Å². The maximum Gasteiger partial charge on any atom is 0.264 e. The SMILES string of the molecule is CCN(CC)C(=O)C(Cc1cccc(NC(=O)c2cc(F)ccc2N)c1)C(=O)NS(=O)(=O)c1ccc2ccccc2c1. The highest BCUT2D eigenvalue weighted by Gasteiger charge is 2.33. The third-order valence-corrected chi connectivity index (χ3v) is 8.18. The smallest absolute Gasteiger partial charge is 0.264 e. The summed E-state index contributed by atoms with van der Waals surface area (Å²) in [5.41, 5.74) is 6.67. The molecule has 0 aromatic heterocycles. The predicted octanol–water partition coefficient (Wildman–Crippen LogP) is 4.35. The molecule has 218 valence electrons. The van der Waals surface area contributed by atoms with Crippen LogP contribution in [0.3, 0.4) is 0 Å². The van der Waals surface area contributed by atoms with Crippen molar-refractivity contribution in [2.75, 3.05) is 24.1 Å². The lowest BCUT2D eigenvalue weighted by molar-refractivity contribution is -0.141. The molecule has 0 fully saturated rings. The van der Waals surface area contributed by atoms with Crippen LogP contribution in [0.15, 0.2) is 89.8 Å². The lowest BCUT2D eigenvalue weighted by atomic mass is 9.96. The molecule has 0 aliphatic carbocycles. The van der Waals surface area contributed by atoms with E-state index in [1.165, 1.54) is 23.1 Å². The van der Waals surface area contributed by atoms with Gasteiger partial charge in [-0.25, -0.2) is 17.5 Å². The number of amides is 3. The molecule has 0 heterocycles. The molecule has 0 bridgehead atoms. The Labute approximate surface area is 243 Å². The van der Waals surface area contributed by atoms with Crippen molar-refractivity contribution in [3.8, 4) is 0 Å². The van der Waals surface area contributed by atoms with E-state index in [0.29, 0.717) is 29.7 Å². The van der Waals surface area contributed by atoms with Gasteiger partial charge in [-0.15, -0.1) is 0 Å². The van der Waals surface area contributed by atoms with E-state index in [1.807, 2.05) is 12.1 Å². The number of nitrogens with one attached hydrogen (secondary N) is 2. The molecule has 3 amide bonds. The molecule has 9 nitrogen and oxygen atoms in total. The first-order chi connectivity index (χ1) is 20.0. The van der Waals surface area contributed by atoms with E-state index < -0.39 is 39.5 Å². The largest absolute Gasteiger partial charge is 0.398 e. The minimum Gasteiger partial charge on any atom is -0.398 e. The molecular formula is C31H31FN4O5S. The van der Waals surface area contributed by atoms with Crippen LogP contribution in [0.2, 0.25) is 0 Å². The van der Waals surface area contributed by atoms with Crippen LogP contribution in [0.25, 0.3) is 10.8 Å². The minimum atomic E-state index is -4.29. The van der Waals surface area contributed by atoms with Crippen LogP contribution in [-0.2, 0) is 26.0 Å². The molecule has 4 rings (SSSR count). The summed E-state index contributed by atoms with van der Waals surface area (Å²) in [6.07, 6.45) is -0.139. The van der Waals surface area contributed by atoms with Gasteiger partial charge in [-0.2, -0.15) is 0 Å². The van der Waals surface area contributed by atoms with Gasteiger partial charge in [-0.1, -0.05) is 42.5 Å². The van der Waals surface area contributed by atoms with E-state index in [4.69, 9.17) is 5.73 Å². The topological polar surface area (TPSA) is 139 Å². The Hall–Kier alpha value is -4.77. The van der Waals surface area contributed by atoms with Gasteiger partial charge in [0.2, 0.25) is 11.8 Å². The van der Waals surface area contributed by atoms with E-state index in [2.05, 4.69) is 10.0 Å². The highest BCUT2D eigenvalue weighted by molar-refractivity contribution is 7.90. The van der Waals surface area contributed by atoms with Gasteiger partial charge in [0.25, 0.3) is 15.9 Å². The van der Waals surface area contributed by atoms with Gasteiger partial charge >= 0.3 is 0 Å². The van der Waals surface area contributed by atoms with E-state index in [9.17, 15) is 27.2 Å². The number of hydrogen-bond acceptors (Lipinski definition) is 6. The number of nitrogen functional groups attached to an aromatic ring is 1. The van der Waals surface area contributed by atoms with Crippen molar-refractivity contribution in [1.82, 2.24) is 9.62 Å². The second kappa shape index (κ2) is 12.8. The summed E-state index contributed by atoms with van der Waals surface area (Å²) < 4.78 is 42.1. The van der Waals surface area contributed by atoms with Crippen LogP contribution >= 0.6 is 0 Å². The van der Waals surface area contributed by atoms with Gasteiger partial charge in [0.1, 0.15) is 11.7 Å². The Bertz CT molecular complexity index is 1760. The van der Waals surface area contributed by atoms with E-state index in [1.54, 1.807) is 56.3 Å². The summed E-state index contributed by atoms with van der Waals surface area (Å²) in [6.45, 7) is 4.16. The summed E-state index contributed by atoms with van der Waals surface area (Å²) in [4.78, 5) is 40.9. The number of hydrogen-bond donors (Lipinski definition) is 3. The van der Waals surface area contributed by atoms with Crippen LogP contribution in [0, 0.1) is 11.7 Å². The molecule has 1 unspecified atom stereocenters. The first-order valence-electron chi connectivity index (χ1n) is 13.3. The summed E-state index contributed by atoms with van der Waals surface area (Å²) >= 11 is 0. The van der Waals surface area contributed by atoms with E-state index in [-0.39, 0.29) is 22.6 Å². The van der Waals surface area contributed by atoms with Crippen molar-refractivity contribution in [3.63, 3.8) is 0 Å². The summed E-state index contributed by atoms with van der Waals surface area (Å²) in [6, 6.07) is 21.6. The first kappa shape index (κ1) is 30.2. The van der Waals surface area contributed by atoms with Crippen molar-refractivity contribution >= 4 is 49.9 Å². The van der Waals surface area contributed by atoms with Gasteiger partial charge in [-0.3, -0.25) is 14.4 Å². The molecule has 4 N–H and O–H groups in total. The Morgan fingerprint density at radius 2 is 1.60 bits per heavy atom. The van der Waals surface area contributed by atoms with Crippen molar-refractivity contribution in [1.29, 1.82) is 0 Å². The molecule has 4 aromatic rings. The maximum atomic E-state index is 13.7. The zero-order chi connectivity index (χ0) is 30.4. The highest BCUT2D eigenvalue weighted by Crippen LogP contribution is 2.22. The first-order valence-corrected chi connectivity index (χ1v) is 14.8. The van der Waals surface area contributed by atoms with Gasteiger partial charge in [-0.05, 0) is 79.1 Å². The summed E-state index contributed by atoms with van der Waals surface area (Å²) in [7, 11) is -4.29. The molecule has 42 heavy (non-hydrogen) atoms. The number of sulfonamides is 1. The molecule has 1 atom stereocenters. The molecule has 0 spiro atoms.